The Bertz CT molecular complexity index is 529. The molecule has 0 aliphatic carbocycles. The Morgan fingerprint density at radius 3 is 3.17 bits per heavy atom. The van der Waals surface area contributed by atoms with Crippen LogP contribution in [0.5, 0.6) is 0 Å². The zero-order valence-corrected chi connectivity index (χ0v) is 11.2. The summed E-state index contributed by atoms with van der Waals surface area (Å²) in [6.07, 6.45) is 0.772. The molecular formula is C13H12ClFN2S. The molecule has 0 spiro atoms. The first-order valence-corrected chi connectivity index (χ1v) is 7.19. The van der Waals surface area contributed by atoms with E-state index in [0.717, 1.165) is 29.4 Å². The summed E-state index contributed by atoms with van der Waals surface area (Å²) in [7, 11) is 0. The molecule has 5 heteroatoms. The molecule has 2 nitrogen and oxygen atoms in total. The minimum Gasteiger partial charge on any atom is -0.321 e. The van der Waals surface area contributed by atoms with Gasteiger partial charge in [0.05, 0.1) is 11.9 Å². The third-order valence-corrected chi connectivity index (χ3v) is 4.26. The molecule has 1 aromatic rings. The van der Waals surface area contributed by atoms with Gasteiger partial charge in [-0.3, -0.25) is 4.99 Å². The second-order valence-electron chi connectivity index (χ2n) is 4.37. The van der Waals surface area contributed by atoms with Gasteiger partial charge in [0.1, 0.15) is 5.82 Å². The fourth-order valence-corrected chi connectivity index (χ4v) is 3.52. The summed E-state index contributed by atoms with van der Waals surface area (Å²) in [5, 5.41) is 3.07. The van der Waals surface area contributed by atoms with Crippen molar-refractivity contribution in [2.45, 2.75) is 12.5 Å². The van der Waals surface area contributed by atoms with E-state index in [0.29, 0.717) is 5.88 Å². The fourth-order valence-electron chi connectivity index (χ4n) is 2.22. The molecule has 1 atom stereocenters. The number of thioether (sulfide) groups is 1. The fraction of sp³-hybridized carbons (Fsp3) is 0.308. The van der Waals surface area contributed by atoms with Crippen LogP contribution in [0.1, 0.15) is 5.56 Å². The lowest BCUT2D eigenvalue weighted by atomic mass is 10.1. The van der Waals surface area contributed by atoms with Crippen molar-refractivity contribution in [3.63, 3.8) is 0 Å². The van der Waals surface area contributed by atoms with E-state index >= 15 is 0 Å². The standard InChI is InChI=1S/C13H12ClFN2S/c14-6-12-8-18-13-16-11(7-17(12)13)5-9-2-1-3-10(15)4-9/h1-4,8,11H,5-7H2. The summed E-state index contributed by atoms with van der Waals surface area (Å²) in [6.45, 7) is 0.845. The van der Waals surface area contributed by atoms with Crippen LogP contribution < -0.4 is 0 Å². The van der Waals surface area contributed by atoms with Crippen LogP contribution in [0, 0.1) is 5.82 Å². The van der Waals surface area contributed by atoms with Crippen LogP contribution in [0.3, 0.4) is 0 Å². The zero-order valence-electron chi connectivity index (χ0n) is 9.64. The molecule has 0 aromatic heterocycles. The zero-order chi connectivity index (χ0) is 12.5. The van der Waals surface area contributed by atoms with Crippen LogP contribution in [0.2, 0.25) is 0 Å². The lowest BCUT2D eigenvalue weighted by Crippen LogP contribution is -2.25. The molecule has 2 aliphatic rings. The molecular weight excluding hydrogens is 271 g/mol. The number of hydrogen-bond acceptors (Lipinski definition) is 3. The monoisotopic (exact) mass is 282 g/mol. The highest BCUT2D eigenvalue weighted by molar-refractivity contribution is 8.16. The summed E-state index contributed by atoms with van der Waals surface area (Å²) in [5.41, 5.74) is 2.11. The number of allylic oxidation sites excluding steroid dienone is 1. The Hall–Kier alpha value is -1.00. The number of hydrogen-bond donors (Lipinski definition) is 0. The largest absolute Gasteiger partial charge is 0.321 e. The van der Waals surface area contributed by atoms with E-state index in [1.54, 1.807) is 23.9 Å². The van der Waals surface area contributed by atoms with Crippen LogP contribution in [0.4, 0.5) is 4.39 Å². The Kier molecular flexibility index (Phi) is 3.31. The van der Waals surface area contributed by atoms with Crippen molar-refractivity contribution in [2.75, 3.05) is 12.4 Å². The number of benzene rings is 1. The lowest BCUT2D eigenvalue weighted by molar-refractivity contribution is 0.510. The highest BCUT2D eigenvalue weighted by Crippen LogP contribution is 2.32. The third-order valence-electron chi connectivity index (χ3n) is 3.06. The number of alkyl halides is 1. The maximum Gasteiger partial charge on any atom is 0.168 e. The first kappa shape index (κ1) is 12.1. The van der Waals surface area contributed by atoms with E-state index in [1.807, 2.05) is 11.5 Å². The first-order chi connectivity index (χ1) is 8.76. The Balaban J connectivity index is 1.69. The van der Waals surface area contributed by atoms with Gasteiger partial charge in [-0.25, -0.2) is 4.39 Å². The molecule has 18 heavy (non-hydrogen) atoms. The number of aliphatic imine (C=N–C) groups is 1. The van der Waals surface area contributed by atoms with Gasteiger partial charge in [0.25, 0.3) is 0 Å². The van der Waals surface area contributed by atoms with Crippen LogP contribution >= 0.6 is 23.4 Å². The second kappa shape index (κ2) is 4.94. The summed E-state index contributed by atoms with van der Waals surface area (Å²) >= 11 is 7.49. The van der Waals surface area contributed by atoms with Crippen molar-refractivity contribution < 1.29 is 4.39 Å². The van der Waals surface area contributed by atoms with Crippen LogP contribution in [0.15, 0.2) is 40.4 Å². The predicted molar refractivity (Wildman–Crippen MR) is 74.4 cm³/mol. The Morgan fingerprint density at radius 2 is 2.39 bits per heavy atom. The molecule has 0 radical (unpaired) electrons. The normalized spacial score (nSPS) is 21.9. The number of nitrogens with zero attached hydrogens (tertiary/aromatic N) is 2. The van der Waals surface area contributed by atoms with E-state index in [1.165, 1.54) is 6.07 Å². The average Bonchev–Trinajstić information content (AvgIpc) is 2.88. The number of rotatable bonds is 3. The predicted octanol–water partition coefficient (Wildman–Crippen LogP) is 3.24. The SMILES string of the molecule is Fc1cccc(CC2CN3C(CCl)=CSC3=N2)c1. The summed E-state index contributed by atoms with van der Waals surface area (Å²) in [6, 6.07) is 6.92. The molecule has 1 unspecified atom stereocenters. The molecule has 0 N–H and O–H groups in total. The average molecular weight is 283 g/mol. The van der Waals surface area contributed by atoms with Crippen molar-refractivity contribution in [1.29, 1.82) is 0 Å². The van der Waals surface area contributed by atoms with Crippen molar-refractivity contribution in [1.82, 2.24) is 4.90 Å². The Morgan fingerprint density at radius 1 is 1.50 bits per heavy atom. The highest BCUT2D eigenvalue weighted by atomic mass is 35.5. The van der Waals surface area contributed by atoms with Crippen molar-refractivity contribution in [2.24, 2.45) is 4.99 Å². The minimum atomic E-state index is -0.186. The van der Waals surface area contributed by atoms with E-state index in [-0.39, 0.29) is 11.9 Å². The molecule has 0 saturated heterocycles. The smallest absolute Gasteiger partial charge is 0.168 e. The van der Waals surface area contributed by atoms with Gasteiger partial charge in [-0.15, -0.1) is 11.6 Å². The maximum atomic E-state index is 13.1. The van der Waals surface area contributed by atoms with Gasteiger partial charge >= 0.3 is 0 Å². The van der Waals surface area contributed by atoms with Crippen LogP contribution in [0.25, 0.3) is 0 Å². The molecule has 0 bridgehead atoms. The molecule has 0 saturated carbocycles. The first-order valence-electron chi connectivity index (χ1n) is 5.77. The van der Waals surface area contributed by atoms with E-state index < -0.39 is 0 Å². The molecule has 0 amide bonds. The van der Waals surface area contributed by atoms with E-state index in [4.69, 9.17) is 11.6 Å². The minimum absolute atomic E-state index is 0.186. The van der Waals surface area contributed by atoms with Crippen LogP contribution in [-0.4, -0.2) is 28.5 Å². The number of amidine groups is 1. The number of fused-ring (bicyclic) bond motifs is 1. The van der Waals surface area contributed by atoms with Crippen LogP contribution in [-0.2, 0) is 6.42 Å². The Labute approximate surface area is 115 Å². The molecule has 0 fully saturated rings. The van der Waals surface area contributed by atoms with Gasteiger partial charge < -0.3 is 4.90 Å². The quantitative estimate of drug-likeness (QED) is 0.791. The van der Waals surface area contributed by atoms with Gasteiger partial charge in [0.2, 0.25) is 0 Å². The van der Waals surface area contributed by atoms with Gasteiger partial charge in [-0.1, -0.05) is 23.9 Å². The van der Waals surface area contributed by atoms with Crippen molar-refractivity contribution >= 4 is 28.5 Å². The van der Waals surface area contributed by atoms with Gasteiger partial charge in [-0.05, 0) is 29.5 Å². The second-order valence-corrected chi connectivity index (χ2v) is 5.47. The summed E-state index contributed by atoms with van der Waals surface area (Å²) < 4.78 is 13.1. The highest BCUT2D eigenvalue weighted by Gasteiger charge is 2.31. The molecule has 2 aliphatic heterocycles. The lowest BCUT2D eigenvalue weighted by Gasteiger charge is -2.16. The van der Waals surface area contributed by atoms with Gasteiger partial charge in [0.15, 0.2) is 5.17 Å². The molecule has 3 rings (SSSR count). The molecule has 94 valence electrons. The third kappa shape index (κ3) is 2.27. The van der Waals surface area contributed by atoms with Crippen molar-refractivity contribution in [3.8, 4) is 0 Å². The molecule has 1 aromatic carbocycles. The maximum absolute atomic E-state index is 13.1. The van der Waals surface area contributed by atoms with E-state index in [2.05, 4.69) is 9.89 Å². The topological polar surface area (TPSA) is 15.6 Å². The van der Waals surface area contributed by atoms with E-state index in [9.17, 15) is 4.39 Å². The summed E-state index contributed by atoms with van der Waals surface area (Å²) in [4.78, 5) is 6.80. The van der Waals surface area contributed by atoms with Gasteiger partial charge in [-0.2, -0.15) is 0 Å². The summed E-state index contributed by atoms with van der Waals surface area (Å²) in [5.74, 6) is 0.327. The number of halogens is 2. The molecule has 2 heterocycles. The van der Waals surface area contributed by atoms with Crippen molar-refractivity contribution in [3.05, 3.63) is 46.8 Å². The van der Waals surface area contributed by atoms with Gasteiger partial charge in [0, 0.05) is 12.2 Å².